The van der Waals surface area contributed by atoms with Crippen LogP contribution in [0, 0.1) is 11.8 Å². The van der Waals surface area contributed by atoms with Crippen molar-refractivity contribution in [1.82, 2.24) is 5.32 Å². The number of carbonyl (C=O) groups is 1. The zero-order chi connectivity index (χ0) is 14.4. The van der Waals surface area contributed by atoms with Gasteiger partial charge in [-0.2, -0.15) is 11.8 Å². The molecule has 0 saturated heterocycles. The highest BCUT2D eigenvalue weighted by atomic mass is 32.2. The van der Waals surface area contributed by atoms with Crippen molar-refractivity contribution in [2.24, 2.45) is 0 Å². The lowest BCUT2D eigenvalue weighted by Crippen LogP contribution is -2.32. The summed E-state index contributed by atoms with van der Waals surface area (Å²) < 4.78 is 0.257. The number of aliphatic hydroxyl groups is 1. The van der Waals surface area contributed by atoms with E-state index < -0.39 is 0 Å². The molecule has 0 heterocycles. The van der Waals surface area contributed by atoms with Crippen molar-refractivity contribution in [2.75, 3.05) is 19.4 Å². The summed E-state index contributed by atoms with van der Waals surface area (Å²) in [7, 11) is 0. The lowest BCUT2D eigenvalue weighted by Gasteiger charge is -2.13. The van der Waals surface area contributed by atoms with Gasteiger partial charge in [-0.25, -0.2) is 0 Å². The van der Waals surface area contributed by atoms with Gasteiger partial charge in [0.25, 0.3) is 5.91 Å². The lowest BCUT2D eigenvalue weighted by atomic mass is 10.1. The van der Waals surface area contributed by atoms with E-state index >= 15 is 0 Å². The predicted octanol–water partition coefficient (Wildman–Crippen LogP) is 2.05. The fraction of sp³-hybridized carbons (Fsp3) is 0.438. The fourth-order valence-electron chi connectivity index (χ4n) is 1.93. The van der Waals surface area contributed by atoms with E-state index in [1.807, 2.05) is 30.0 Å². The average Bonchev–Trinajstić information content (AvgIpc) is 3.26. The summed E-state index contributed by atoms with van der Waals surface area (Å²) in [5, 5.41) is 11.8. The van der Waals surface area contributed by atoms with Crippen LogP contribution in [0.5, 0.6) is 0 Å². The van der Waals surface area contributed by atoms with E-state index in [9.17, 15) is 4.79 Å². The molecule has 1 saturated carbocycles. The van der Waals surface area contributed by atoms with Crippen LogP contribution in [0.4, 0.5) is 0 Å². The molecule has 1 aliphatic rings. The third kappa shape index (κ3) is 3.78. The molecular weight excluding hydrogens is 270 g/mol. The molecule has 0 radical (unpaired) electrons. The Bertz CT molecular complexity index is 541. The van der Waals surface area contributed by atoms with Gasteiger partial charge >= 0.3 is 0 Å². The standard InChI is InChI=1S/C16H19NO2S/c1-20-16(9-10-16)12-17-15(19)14-8-3-2-6-13(14)7-4-5-11-18/h2-3,6,8,18H,5,9-12H2,1H3,(H,17,19). The first-order chi connectivity index (χ1) is 9.71. The Labute approximate surface area is 124 Å². The Morgan fingerprint density at radius 3 is 2.85 bits per heavy atom. The number of hydrogen-bond acceptors (Lipinski definition) is 3. The lowest BCUT2D eigenvalue weighted by molar-refractivity contribution is 0.0953. The van der Waals surface area contributed by atoms with E-state index in [2.05, 4.69) is 23.4 Å². The molecule has 2 rings (SSSR count). The molecule has 106 valence electrons. The summed E-state index contributed by atoms with van der Waals surface area (Å²) in [6.45, 7) is 0.753. The first-order valence-electron chi connectivity index (χ1n) is 6.73. The largest absolute Gasteiger partial charge is 0.395 e. The van der Waals surface area contributed by atoms with Gasteiger partial charge in [-0.1, -0.05) is 24.0 Å². The quantitative estimate of drug-likeness (QED) is 0.816. The van der Waals surface area contributed by atoms with Gasteiger partial charge in [0.05, 0.1) is 12.2 Å². The molecule has 1 fully saturated rings. The van der Waals surface area contributed by atoms with Crippen LogP contribution in [0.1, 0.15) is 35.2 Å². The summed E-state index contributed by atoms with van der Waals surface area (Å²) in [5.74, 6) is 5.73. The van der Waals surface area contributed by atoms with Crippen LogP contribution < -0.4 is 5.32 Å². The van der Waals surface area contributed by atoms with Crippen molar-refractivity contribution < 1.29 is 9.90 Å². The number of rotatable bonds is 5. The molecule has 0 atom stereocenters. The van der Waals surface area contributed by atoms with Crippen LogP contribution >= 0.6 is 11.8 Å². The molecule has 0 aromatic heterocycles. The molecule has 0 unspecified atom stereocenters. The minimum Gasteiger partial charge on any atom is -0.395 e. The van der Waals surface area contributed by atoms with Crippen LogP contribution in [0.2, 0.25) is 0 Å². The van der Waals surface area contributed by atoms with Crippen molar-refractivity contribution in [3.63, 3.8) is 0 Å². The Morgan fingerprint density at radius 2 is 2.20 bits per heavy atom. The van der Waals surface area contributed by atoms with E-state index in [1.54, 1.807) is 6.07 Å². The van der Waals surface area contributed by atoms with Crippen LogP contribution in [0.3, 0.4) is 0 Å². The minimum atomic E-state index is -0.0702. The van der Waals surface area contributed by atoms with Gasteiger partial charge in [0.1, 0.15) is 0 Å². The number of thioether (sulfide) groups is 1. The van der Waals surface area contributed by atoms with Crippen LogP contribution in [-0.4, -0.2) is 35.2 Å². The van der Waals surface area contributed by atoms with E-state index in [0.717, 1.165) is 0 Å². The SMILES string of the molecule is CSC1(CNC(=O)c2ccccc2C#CCCO)CC1. The molecule has 1 amide bonds. The molecule has 1 aromatic rings. The smallest absolute Gasteiger partial charge is 0.252 e. The van der Waals surface area contributed by atoms with Gasteiger partial charge < -0.3 is 10.4 Å². The Kier molecular flexibility index (Phi) is 5.11. The van der Waals surface area contributed by atoms with E-state index in [0.29, 0.717) is 24.1 Å². The van der Waals surface area contributed by atoms with Crippen LogP contribution in [-0.2, 0) is 0 Å². The normalized spacial score (nSPS) is 15.1. The van der Waals surface area contributed by atoms with Crippen molar-refractivity contribution in [2.45, 2.75) is 24.0 Å². The van der Waals surface area contributed by atoms with Crippen LogP contribution in [0.25, 0.3) is 0 Å². The van der Waals surface area contributed by atoms with Crippen molar-refractivity contribution >= 4 is 17.7 Å². The monoisotopic (exact) mass is 289 g/mol. The molecule has 0 spiro atoms. The highest BCUT2D eigenvalue weighted by Crippen LogP contribution is 2.46. The zero-order valence-electron chi connectivity index (χ0n) is 11.6. The Balaban J connectivity index is 2.04. The number of carbonyl (C=O) groups excluding carboxylic acids is 1. The summed E-state index contributed by atoms with van der Waals surface area (Å²) >= 11 is 1.83. The van der Waals surface area contributed by atoms with Gasteiger partial charge in [-0.3, -0.25) is 4.79 Å². The number of hydrogen-bond donors (Lipinski definition) is 2. The summed E-state index contributed by atoms with van der Waals surface area (Å²) in [6.07, 6.45) is 4.86. The summed E-state index contributed by atoms with van der Waals surface area (Å²) in [4.78, 5) is 12.3. The maximum Gasteiger partial charge on any atom is 0.252 e. The molecule has 20 heavy (non-hydrogen) atoms. The molecule has 1 aromatic carbocycles. The predicted molar refractivity (Wildman–Crippen MR) is 82.8 cm³/mol. The van der Waals surface area contributed by atoms with Crippen molar-refractivity contribution in [3.05, 3.63) is 35.4 Å². The van der Waals surface area contributed by atoms with Crippen molar-refractivity contribution in [3.8, 4) is 11.8 Å². The van der Waals surface area contributed by atoms with Crippen LogP contribution in [0.15, 0.2) is 24.3 Å². The molecule has 0 bridgehead atoms. The van der Waals surface area contributed by atoms with Gasteiger partial charge in [0, 0.05) is 23.3 Å². The third-order valence-electron chi connectivity index (χ3n) is 3.44. The zero-order valence-corrected chi connectivity index (χ0v) is 12.4. The number of aliphatic hydroxyl groups excluding tert-OH is 1. The molecule has 2 N–H and O–H groups in total. The van der Waals surface area contributed by atoms with E-state index in [-0.39, 0.29) is 17.3 Å². The second-order valence-electron chi connectivity index (χ2n) is 4.89. The molecular formula is C16H19NO2S. The highest BCUT2D eigenvalue weighted by Gasteiger charge is 2.41. The first-order valence-corrected chi connectivity index (χ1v) is 7.95. The third-order valence-corrected chi connectivity index (χ3v) is 4.86. The highest BCUT2D eigenvalue weighted by molar-refractivity contribution is 8.00. The second kappa shape index (κ2) is 6.83. The first kappa shape index (κ1) is 15.0. The second-order valence-corrected chi connectivity index (χ2v) is 6.17. The maximum absolute atomic E-state index is 12.3. The van der Waals surface area contributed by atoms with Gasteiger partial charge in [0.15, 0.2) is 0 Å². The average molecular weight is 289 g/mol. The number of nitrogens with one attached hydrogen (secondary N) is 1. The van der Waals surface area contributed by atoms with Gasteiger partial charge in [-0.15, -0.1) is 0 Å². The van der Waals surface area contributed by atoms with Gasteiger partial charge in [-0.05, 0) is 31.2 Å². The van der Waals surface area contributed by atoms with Crippen molar-refractivity contribution in [1.29, 1.82) is 0 Å². The summed E-state index contributed by atoms with van der Waals surface area (Å²) in [6, 6.07) is 7.33. The molecule has 3 nitrogen and oxygen atoms in total. The minimum absolute atomic E-state index is 0.0393. The van der Waals surface area contributed by atoms with E-state index in [1.165, 1.54) is 12.8 Å². The Hall–Kier alpha value is -1.44. The summed E-state index contributed by atoms with van der Waals surface area (Å²) in [5.41, 5.74) is 1.32. The molecule has 0 aliphatic heterocycles. The van der Waals surface area contributed by atoms with E-state index in [4.69, 9.17) is 5.11 Å². The Morgan fingerprint density at radius 1 is 1.45 bits per heavy atom. The van der Waals surface area contributed by atoms with Gasteiger partial charge in [0.2, 0.25) is 0 Å². The topological polar surface area (TPSA) is 49.3 Å². The maximum atomic E-state index is 12.3. The number of benzene rings is 1. The molecule has 4 heteroatoms. The number of amides is 1. The fourth-order valence-corrected chi connectivity index (χ4v) is 2.66. The molecule has 1 aliphatic carbocycles.